The fourth-order valence-electron chi connectivity index (χ4n) is 1.32. The summed E-state index contributed by atoms with van der Waals surface area (Å²) in [5.41, 5.74) is 5.50. The fraction of sp³-hybridized carbons (Fsp3) is 0.875. The van der Waals surface area contributed by atoms with Gasteiger partial charge in [0.05, 0.1) is 25.3 Å². The van der Waals surface area contributed by atoms with Crippen LogP contribution in [0.5, 0.6) is 0 Å². The minimum absolute atomic E-state index is 0.0193. The molecule has 1 aliphatic rings. The zero-order valence-corrected chi connectivity index (χ0v) is 7.62. The first-order chi connectivity index (χ1) is 5.63. The van der Waals surface area contributed by atoms with Crippen molar-refractivity contribution in [1.82, 2.24) is 4.90 Å². The molecular weight excluding hydrogens is 156 g/mol. The second-order valence-corrected chi connectivity index (χ2v) is 3.24. The molecule has 0 aromatic heterocycles. The predicted octanol–water partition coefficient (Wildman–Crippen LogP) is -0.419. The summed E-state index contributed by atoms with van der Waals surface area (Å²) in [6.07, 6.45) is 0. The molecule has 0 saturated carbocycles. The monoisotopic (exact) mass is 172 g/mol. The Morgan fingerprint density at radius 2 is 2.42 bits per heavy atom. The third-order valence-electron chi connectivity index (χ3n) is 2.04. The Hall–Kier alpha value is -0.610. The molecule has 4 heteroatoms. The van der Waals surface area contributed by atoms with Crippen LogP contribution < -0.4 is 5.73 Å². The zero-order valence-electron chi connectivity index (χ0n) is 7.62. The maximum Gasteiger partial charge on any atom is 0.239 e. The number of morpholine rings is 1. The van der Waals surface area contributed by atoms with E-state index >= 15 is 0 Å². The summed E-state index contributed by atoms with van der Waals surface area (Å²) in [5.74, 6) is 0.0193. The van der Waals surface area contributed by atoms with Gasteiger partial charge in [0.2, 0.25) is 5.91 Å². The van der Waals surface area contributed by atoms with Gasteiger partial charge < -0.3 is 15.4 Å². The molecule has 2 N–H and O–H groups in total. The van der Waals surface area contributed by atoms with Crippen LogP contribution in [0.1, 0.15) is 13.8 Å². The summed E-state index contributed by atoms with van der Waals surface area (Å²) < 4.78 is 5.21. The van der Waals surface area contributed by atoms with Crippen LogP contribution in [0.2, 0.25) is 0 Å². The average Bonchev–Trinajstić information content (AvgIpc) is 2.04. The van der Waals surface area contributed by atoms with Crippen LogP contribution in [0, 0.1) is 0 Å². The van der Waals surface area contributed by atoms with Gasteiger partial charge >= 0.3 is 0 Å². The van der Waals surface area contributed by atoms with Gasteiger partial charge in [-0.2, -0.15) is 0 Å². The third-order valence-corrected chi connectivity index (χ3v) is 2.04. The summed E-state index contributed by atoms with van der Waals surface area (Å²) >= 11 is 0. The predicted molar refractivity (Wildman–Crippen MR) is 45.6 cm³/mol. The molecule has 1 saturated heterocycles. The van der Waals surface area contributed by atoms with Gasteiger partial charge in [-0.25, -0.2) is 0 Å². The Bertz CT molecular complexity index is 170. The SMILES string of the molecule is C[C@@H]1COCCN1C(=O)[C@@H](C)N. The van der Waals surface area contributed by atoms with Crippen molar-refractivity contribution in [1.29, 1.82) is 0 Å². The van der Waals surface area contributed by atoms with Crippen molar-refractivity contribution in [3.8, 4) is 0 Å². The van der Waals surface area contributed by atoms with E-state index < -0.39 is 6.04 Å². The van der Waals surface area contributed by atoms with Crippen LogP contribution in [-0.4, -0.2) is 42.6 Å². The molecule has 1 aliphatic heterocycles. The number of ether oxygens (including phenoxy) is 1. The van der Waals surface area contributed by atoms with E-state index in [4.69, 9.17) is 10.5 Å². The molecule has 12 heavy (non-hydrogen) atoms. The highest BCUT2D eigenvalue weighted by Crippen LogP contribution is 2.07. The quantitative estimate of drug-likeness (QED) is 0.584. The standard InChI is InChI=1S/C8H16N2O2/c1-6-5-12-4-3-10(6)8(11)7(2)9/h6-7H,3-5,9H2,1-2H3/t6-,7-/m1/s1. The number of amides is 1. The number of hydrogen-bond donors (Lipinski definition) is 1. The Kier molecular flexibility index (Phi) is 3.05. The summed E-state index contributed by atoms with van der Waals surface area (Å²) in [6.45, 7) is 5.60. The van der Waals surface area contributed by atoms with E-state index in [0.29, 0.717) is 19.8 Å². The lowest BCUT2D eigenvalue weighted by Crippen LogP contribution is -2.52. The Morgan fingerprint density at radius 3 is 2.92 bits per heavy atom. The molecule has 4 nitrogen and oxygen atoms in total. The van der Waals surface area contributed by atoms with E-state index in [1.807, 2.05) is 6.92 Å². The van der Waals surface area contributed by atoms with Gasteiger partial charge in [-0.05, 0) is 13.8 Å². The molecule has 0 spiro atoms. The van der Waals surface area contributed by atoms with Crippen LogP contribution in [0.3, 0.4) is 0 Å². The number of carbonyl (C=O) groups is 1. The Balaban J connectivity index is 2.53. The first-order valence-corrected chi connectivity index (χ1v) is 4.26. The van der Waals surface area contributed by atoms with Gasteiger partial charge in [0.25, 0.3) is 0 Å². The lowest BCUT2D eigenvalue weighted by Gasteiger charge is -2.34. The maximum absolute atomic E-state index is 11.5. The molecule has 0 aliphatic carbocycles. The summed E-state index contributed by atoms with van der Waals surface area (Å²) in [7, 11) is 0. The van der Waals surface area contributed by atoms with Crippen LogP contribution >= 0.6 is 0 Å². The first-order valence-electron chi connectivity index (χ1n) is 4.26. The third kappa shape index (κ3) is 1.95. The summed E-state index contributed by atoms with van der Waals surface area (Å²) in [5, 5.41) is 0. The van der Waals surface area contributed by atoms with Gasteiger partial charge in [-0.3, -0.25) is 4.79 Å². The molecular formula is C8H16N2O2. The van der Waals surface area contributed by atoms with Gasteiger partial charge in [0.15, 0.2) is 0 Å². The smallest absolute Gasteiger partial charge is 0.239 e. The minimum atomic E-state index is -0.398. The van der Waals surface area contributed by atoms with Gasteiger partial charge in [0, 0.05) is 6.54 Å². The molecule has 0 bridgehead atoms. The van der Waals surface area contributed by atoms with E-state index in [2.05, 4.69) is 0 Å². The minimum Gasteiger partial charge on any atom is -0.377 e. The lowest BCUT2D eigenvalue weighted by atomic mass is 10.2. The van der Waals surface area contributed by atoms with Crippen molar-refractivity contribution in [3.63, 3.8) is 0 Å². The Labute approximate surface area is 72.7 Å². The topological polar surface area (TPSA) is 55.6 Å². The number of carbonyl (C=O) groups excluding carboxylic acids is 1. The van der Waals surface area contributed by atoms with Gasteiger partial charge in [0.1, 0.15) is 0 Å². The molecule has 1 fully saturated rings. The Morgan fingerprint density at radius 1 is 1.75 bits per heavy atom. The highest BCUT2D eigenvalue weighted by Gasteiger charge is 2.25. The van der Waals surface area contributed by atoms with Crippen molar-refractivity contribution in [2.45, 2.75) is 25.9 Å². The van der Waals surface area contributed by atoms with Crippen LogP contribution in [0.4, 0.5) is 0 Å². The number of rotatable bonds is 1. The largest absolute Gasteiger partial charge is 0.377 e. The van der Waals surface area contributed by atoms with Crippen molar-refractivity contribution in [3.05, 3.63) is 0 Å². The van der Waals surface area contributed by atoms with Crippen molar-refractivity contribution in [2.75, 3.05) is 19.8 Å². The van der Waals surface area contributed by atoms with Crippen molar-refractivity contribution >= 4 is 5.91 Å². The molecule has 2 atom stereocenters. The zero-order chi connectivity index (χ0) is 9.14. The molecule has 0 aromatic rings. The van der Waals surface area contributed by atoms with E-state index in [1.54, 1.807) is 11.8 Å². The van der Waals surface area contributed by atoms with Gasteiger partial charge in [-0.15, -0.1) is 0 Å². The fourth-order valence-corrected chi connectivity index (χ4v) is 1.32. The summed E-state index contributed by atoms with van der Waals surface area (Å²) in [6, 6.07) is -0.234. The van der Waals surface area contributed by atoms with E-state index in [9.17, 15) is 4.79 Å². The first kappa shape index (κ1) is 9.48. The molecule has 0 radical (unpaired) electrons. The van der Waals surface area contributed by atoms with Crippen molar-refractivity contribution < 1.29 is 9.53 Å². The molecule has 1 amide bonds. The normalized spacial score (nSPS) is 26.9. The lowest BCUT2D eigenvalue weighted by molar-refractivity contribution is -0.140. The van der Waals surface area contributed by atoms with Crippen LogP contribution in [0.15, 0.2) is 0 Å². The number of nitrogens with two attached hydrogens (primary N) is 1. The van der Waals surface area contributed by atoms with Crippen LogP contribution in [0.25, 0.3) is 0 Å². The van der Waals surface area contributed by atoms with Gasteiger partial charge in [-0.1, -0.05) is 0 Å². The molecule has 1 heterocycles. The maximum atomic E-state index is 11.5. The van der Waals surface area contributed by atoms with E-state index in [-0.39, 0.29) is 11.9 Å². The molecule has 1 rings (SSSR count). The van der Waals surface area contributed by atoms with Crippen LogP contribution in [-0.2, 0) is 9.53 Å². The second kappa shape index (κ2) is 3.87. The highest BCUT2D eigenvalue weighted by molar-refractivity contribution is 5.81. The van der Waals surface area contributed by atoms with Crippen molar-refractivity contribution in [2.24, 2.45) is 5.73 Å². The molecule has 0 unspecified atom stereocenters. The summed E-state index contributed by atoms with van der Waals surface area (Å²) in [4.78, 5) is 13.2. The highest BCUT2D eigenvalue weighted by atomic mass is 16.5. The molecule has 70 valence electrons. The molecule has 0 aromatic carbocycles. The van der Waals surface area contributed by atoms with E-state index in [1.165, 1.54) is 0 Å². The second-order valence-electron chi connectivity index (χ2n) is 3.24. The average molecular weight is 172 g/mol. The van der Waals surface area contributed by atoms with E-state index in [0.717, 1.165) is 0 Å². The number of nitrogens with zero attached hydrogens (tertiary/aromatic N) is 1. The number of hydrogen-bond acceptors (Lipinski definition) is 3.